The van der Waals surface area contributed by atoms with Gasteiger partial charge in [0.1, 0.15) is 11.8 Å². The highest BCUT2D eigenvalue weighted by Crippen LogP contribution is 2.17. The molecule has 0 spiro atoms. The first kappa shape index (κ1) is 14.7. The van der Waals surface area contributed by atoms with Gasteiger partial charge in [-0.05, 0) is 26.0 Å². The number of para-hydroxylation sites is 1. The number of nitrogens with one attached hydrogen (secondary N) is 1. The monoisotopic (exact) mass is 260 g/mol. The van der Waals surface area contributed by atoms with Crippen LogP contribution in [0.25, 0.3) is 0 Å². The van der Waals surface area contributed by atoms with E-state index >= 15 is 0 Å². The van der Waals surface area contributed by atoms with Crippen LogP contribution in [0.3, 0.4) is 0 Å². The van der Waals surface area contributed by atoms with Crippen molar-refractivity contribution in [3.63, 3.8) is 0 Å². The molecule has 1 amide bonds. The van der Waals surface area contributed by atoms with Crippen molar-refractivity contribution in [2.75, 3.05) is 5.32 Å². The first-order valence-electron chi connectivity index (χ1n) is 5.74. The summed E-state index contributed by atoms with van der Waals surface area (Å²) < 4.78 is 0. The predicted octanol–water partition coefficient (Wildman–Crippen LogP) is 2.12. The maximum absolute atomic E-state index is 11.8. The topological polar surface area (TPSA) is 93.3 Å². The van der Waals surface area contributed by atoms with Crippen LogP contribution in [0.4, 0.5) is 5.69 Å². The highest BCUT2D eigenvalue weighted by atomic mass is 16.3. The van der Waals surface area contributed by atoms with Gasteiger partial charge in [-0.1, -0.05) is 18.2 Å². The van der Waals surface area contributed by atoms with Crippen LogP contribution in [0.2, 0.25) is 0 Å². The van der Waals surface area contributed by atoms with Crippen molar-refractivity contribution in [3.05, 3.63) is 41.7 Å². The molecule has 0 unspecified atom stereocenters. The Morgan fingerprint density at radius 2 is 1.95 bits per heavy atom. The van der Waals surface area contributed by atoms with Crippen molar-refractivity contribution in [1.82, 2.24) is 0 Å². The molecule has 0 atom stereocenters. The number of hydrogen-bond donors (Lipinski definition) is 3. The van der Waals surface area contributed by atoms with Gasteiger partial charge >= 0.3 is 0 Å². The van der Waals surface area contributed by atoms with E-state index in [9.17, 15) is 15.0 Å². The standard InChI is InChI=1S/C14H16N2O3/c1-14(2,19)8-12(17)11(9-15)13(18)16-10-6-4-3-5-7-10/h3-7,17,19H,8H2,1-2H3,(H,16,18)/b12-11-. The van der Waals surface area contributed by atoms with Crippen LogP contribution >= 0.6 is 0 Å². The van der Waals surface area contributed by atoms with Crippen LogP contribution in [0, 0.1) is 11.3 Å². The molecule has 0 saturated carbocycles. The third kappa shape index (κ3) is 4.82. The Labute approximate surface area is 111 Å². The number of benzene rings is 1. The van der Waals surface area contributed by atoms with Crippen molar-refractivity contribution >= 4 is 11.6 Å². The van der Waals surface area contributed by atoms with E-state index in [4.69, 9.17) is 5.26 Å². The molecule has 0 aliphatic rings. The molecular weight excluding hydrogens is 244 g/mol. The fourth-order valence-corrected chi connectivity index (χ4v) is 1.46. The fourth-order valence-electron chi connectivity index (χ4n) is 1.46. The summed E-state index contributed by atoms with van der Waals surface area (Å²) >= 11 is 0. The summed E-state index contributed by atoms with van der Waals surface area (Å²) in [5.74, 6) is -1.13. The SMILES string of the molecule is CC(C)(O)C/C(O)=C(\C#N)C(=O)Nc1ccccc1. The van der Waals surface area contributed by atoms with E-state index in [2.05, 4.69) is 5.32 Å². The number of carbonyl (C=O) groups is 1. The maximum Gasteiger partial charge on any atom is 0.269 e. The summed E-state index contributed by atoms with van der Waals surface area (Å²) in [6.07, 6.45) is -0.169. The minimum Gasteiger partial charge on any atom is -0.511 e. The van der Waals surface area contributed by atoms with Crippen molar-refractivity contribution in [3.8, 4) is 6.07 Å². The second kappa shape index (κ2) is 6.03. The van der Waals surface area contributed by atoms with Crippen LogP contribution < -0.4 is 5.32 Å². The van der Waals surface area contributed by atoms with Gasteiger partial charge in [-0.2, -0.15) is 5.26 Å². The van der Waals surface area contributed by atoms with E-state index in [1.165, 1.54) is 13.8 Å². The smallest absolute Gasteiger partial charge is 0.269 e. The van der Waals surface area contributed by atoms with Gasteiger partial charge in [-0.15, -0.1) is 0 Å². The van der Waals surface area contributed by atoms with E-state index in [-0.39, 0.29) is 6.42 Å². The lowest BCUT2D eigenvalue weighted by Crippen LogP contribution is -2.22. The summed E-state index contributed by atoms with van der Waals surface area (Å²) in [6.45, 7) is 2.96. The third-order valence-electron chi connectivity index (χ3n) is 2.26. The van der Waals surface area contributed by atoms with Crippen LogP contribution in [0.5, 0.6) is 0 Å². The number of amides is 1. The van der Waals surface area contributed by atoms with Gasteiger partial charge in [-0.3, -0.25) is 4.79 Å². The molecule has 0 saturated heterocycles. The molecule has 0 fully saturated rings. The van der Waals surface area contributed by atoms with E-state index < -0.39 is 22.8 Å². The molecule has 0 bridgehead atoms. The van der Waals surface area contributed by atoms with Crippen molar-refractivity contribution in [2.45, 2.75) is 25.9 Å². The highest BCUT2D eigenvalue weighted by molar-refractivity contribution is 6.06. The number of aliphatic hydroxyl groups excluding tert-OH is 1. The quantitative estimate of drug-likeness (QED) is 0.439. The molecule has 5 heteroatoms. The fraction of sp³-hybridized carbons (Fsp3) is 0.286. The number of carbonyl (C=O) groups excluding carboxylic acids is 1. The summed E-state index contributed by atoms with van der Waals surface area (Å²) in [5, 5.41) is 30.7. The lowest BCUT2D eigenvalue weighted by atomic mass is 10.0. The zero-order valence-electron chi connectivity index (χ0n) is 10.8. The molecular formula is C14H16N2O3. The second-order valence-corrected chi connectivity index (χ2v) is 4.74. The van der Waals surface area contributed by atoms with Gasteiger partial charge in [0.25, 0.3) is 5.91 Å². The van der Waals surface area contributed by atoms with Gasteiger partial charge < -0.3 is 15.5 Å². The lowest BCUT2D eigenvalue weighted by Gasteiger charge is -2.16. The van der Waals surface area contributed by atoms with E-state index in [0.717, 1.165) is 0 Å². The molecule has 1 aromatic rings. The summed E-state index contributed by atoms with van der Waals surface area (Å²) in [7, 11) is 0. The summed E-state index contributed by atoms with van der Waals surface area (Å²) in [4.78, 5) is 11.8. The zero-order valence-corrected chi connectivity index (χ0v) is 10.8. The maximum atomic E-state index is 11.8. The van der Waals surface area contributed by atoms with Crippen LogP contribution in [-0.4, -0.2) is 21.7 Å². The van der Waals surface area contributed by atoms with E-state index in [0.29, 0.717) is 5.69 Å². The number of aliphatic hydroxyl groups is 2. The molecule has 0 aromatic heterocycles. The largest absolute Gasteiger partial charge is 0.511 e. The average Bonchev–Trinajstić information content (AvgIpc) is 2.28. The van der Waals surface area contributed by atoms with E-state index in [1.807, 2.05) is 0 Å². The summed E-state index contributed by atoms with van der Waals surface area (Å²) in [5.41, 5.74) is -1.07. The first-order chi connectivity index (χ1) is 8.83. The molecule has 0 radical (unpaired) electrons. The molecule has 100 valence electrons. The van der Waals surface area contributed by atoms with Crippen LogP contribution in [-0.2, 0) is 4.79 Å². The molecule has 5 nitrogen and oxygen atoms in total. The van der Waals surface area contributed by atoms with Gasteiger partial charge in [0.05, 0.1) is 5.60 Å². The Balaban J connectivity index is 2.89. The molecule has 1 rings (SSSR count). The molecule has 1 aromatic carbocycles. The van der Waals surface area contributed by atoms with Crippen LogP contribution in [0.15, 0.2) is 41.7 Å². The second-order valence-electron chi connectivity index (χ2n) is 4.74. The number of rotatable bonds is 4. The van der Waals surface area contributed by atoms with E-state index in [1.54, 1.807) is 36.4 Å². The molecule has 0 aliphatic carbocycles. The lowest BCUT2D eigenvalue weighted by molar-refractivity contribution is -0.112. The van der Waals surface area contributed by atoms with Gasteiger partial charge in [0.2, 0.25) is 0 Å². The number of nitrogens with zero attached hydrogens (tertiary/aromatic N) is 1. The van der Waals surface area contributed by atoms with Crippen molar-refractivity contribution < 1.29 is 15.0 Å². The molecule has 3 N–H and O–H groups in total. The minimum absolute atomic E-state index is 0.169. The summed E-state index contributed by atoms with van der Waals surface area (Å²) in [6, 6.07) is 10.3. The zero-order chi connectivity index (χ0) is 14.5. The van der Waals surface area contributed by atoms with Crippen molar-refractivity contribution in [2.24, 2.45) is 0 Å². The van der Waals surface area contributed by atoms with Gasteiger partial charge in [0, 0.05) is 12.1 Å². The predicted molar refractivity (Wildman–Crippen MR) is 71.3 cm³/mol. The Morgan fingerprint density at radius 3 is 2.42 bits per heavy atom. The van der Waals surface area contributed by atoms with Crippen molar-refractivity contribution in [1.29, 1.82) is 5.26 Å². The third-order valence-corrected chi connectivity index (χ3v) is 2.26. The Morgan fingerprint density at radius 1 is 1.37 bits per heavy atom. The number of nitriles is 1. The first-order valence-corrected chi connectivity index (χ1v) is 5.74. The molecule has 0 heterocycles. The number of hydrogen-bond acceptors (Lipinski definition) is 4. The van der Waals surface area contributed by atoms with Gasteiger partial charge in [-0.25, -0.2) is 0 Å². The molecule has 19 heavy (non-hydrogen) atoms. The van der Waals surface area contributed by atoms with Crippen LogP contribution in [0.1, 0.15) is 20.3 Å². The molecule has 0 aliphatic heterocycles. The average molecular weight is 260 g/mol. The van der Waals surface area contributed by atoms with Gasteiger partial charge in [0.15, 0.2) is 5.57 Å². The normalized spacial score (nSPS) is 12.3. The minimum atomic E-state index is -1.20. The Hall–Kier alpha value is -2.32. The Bertz CT molecular complexity index is 522. The Kier molecular flexibility index (Phi) is 4.67. The number of anilines is 1. The highest BCUT2D eigenvalue weighted by Gasteiger charge is 2.21.